The topological polar surface area (TPSA) is 115 Å². The Morgan fingerprint density at radius 3 is 2.09 bits per heavy atom. The van der Waals surface area contributed by atoms with Crippen molar-refractivity contribution >= 4 is 18.0 Å². The zero-order chi connectivity index (χ0) is 17.6. The molecule has 0 unspecified atom stereocenters. The van der Waals surface area contributed by atoms with E-state index in [0.29, 0.717) is 25.7 Å². The number of carbonyl (C=O) groups is 3. The van der Waals surface area contributed by atoms with E-state index < -0.39 is 22.9 Å². The Hall–Kier alpha value is -1.27. The number of amides is 1. The molecular formula is C16H31N3O3. The number of unbranched alkanes of at least 4 members (excludes halogenated alkanes) is 1. The molecule has 2 atom stereocenters. The molecule has 0 heterocycles. The van der Waals surface area contributed by atoms with Crippen LogP contribution in [0.4, 0.5) is 0 Å². The zero-order valence-electron chi connectivity index (χ0n) is 14.4. The Labute approximate surface area is 133 Å². The minimum absolute atomic E-state index is 0.0699. The Balaban J connectivity index is 5.34. The van der Waals surface area contributed by atoms with Crippen LogP contribution in [-0.2, 0) is 14.4 Å². The third-order valence-electron chi connectivity index (χ3n) is 3.68. The SMILES string of the molecule is CC(C)[C@@H](C=O)NC(=O)[C@@](N)(CCCCN)C(=O)C(C)(C)C. The third kappa shape index (κ3) is 5.50. The lowest BCUT2D eigenvalue weighted by molar-refractivity contribution is -0.142. The van der Waals surface area contributed by atoms with Gasteiger partial charge in [0.05, 0.1) is 6.04 Å². The van der Waals surface area contributed by atoms with Gasteiger partial charge in [-0.2, -0.15) is 0 Å². The second-order valence-electron chi connectivity index (χ2n) is 7.18. The minimum Gasteiger partial charge on any atom is -0.344 e. The van der Waals surface area contributed by atoms with Gasteiger partial charge >= 0.3 is 0 Å². The van der Waals surface area contributed by atoms with Crippen molar-refractivity contribution in [1.82, 2.24) is 5.32 Å². The van der Waals surface area contributed by atoms with Gasteiger partial charge in [-0.1, -0.05) is 34.6 Å². The van der Waals surface area contributed by atoms with Crippen molar-refractivity contribution in [2.75, 3.05) is 6.54 Å². The van der Waals surface area contributed by atoms with Crippen LogP contribution in [0.2, 0.25) is 0 Å². The van der Waals surface area contributed by atoms with Gasteiger partial charge < -0.3 is 21.6 Å². The van der Waals surface area contributed by atoms with Crippen LogP contribution in [0.3, 0.4) is 0 Å². The standard InChI is InChI=1S/C16H31N3O3/c1-11(2)12(10-20)19-14(22)16(18,8-6-7-9-17)13(21)15(3,4)5/h10-12H,6-9,17-18H2,1-5H3,(H,19,22)/t12-,16-/m1/s1. The summed E-state index contributed by atoms with van der Waals surface area (Å²) in [5.74, 6) is -0.988. The molecule has 5 N–H and O–H groups in total. The van der Waals surface area contributed by atoms with E-state index in [1.165, 1.54) is 0 Å². The van der Waals surface area contributed by atoms with E-state index in [1.54, 1.807) is 20.8 Å². The summed E-state index contributed by atoms with van der Waals surface area (Å²) in [5, 5.41) is 2.60. The van der Waals surface area contributed by atoms with Crippen LogP contribution in [0.15, 0.2) is 0 Å². The summed E-state index contributed by atoms with van der Waals surface area (Å²) in [6.45, 7) is 9.30. The lowest BCUT2D eigenvalue weighted by Gasteiger charge is -2.34. The molecule has 0 fully saturated rings. The van der Waals surface area contributed by atoms with Gasteiger partial charge in [-0.3, -0.25) is 9.59 Å². The van der Waals surface area contributed by atoms with E-state index in [0.717, 1.165) is 0 Å². The zero-order valence-corrected chi connectivity index (χ0v) is 14.4. The molecule has 6 nitrogen and oxygen atoms in total. The Morgan fingerprint density at radius 2 is 1.73 bits per heavy atom. The lowest BCUT2D eigenvalue weighted by atomic mass is 9.75. The average molecular weight is 313 g/mol. The smallest absolute Gasteiger partial charge is 0.248 e. The van der Waals surface area contributed by atoms with Crippen molar-refractivity contribution in [3.63, 3.8) is 0 Å². The largest absolute Gasteiger partial charge is 0.344 e. The molecule has 0 radical (unpaired) electrons. The van der Waals surface area contributed by atoms with E-state index in [4.69, 9.17) is 11.5 Å². The maximum atomic E-state index is 12.7. The van der Waals surface area contributed by atoms with Gasteiger partial charge in [0.25, 0.3) is 0 Å². The van der Waals surface area contributed by atoms with Crippen LogP contribution >= 0.6 is 0 Å². The van der Waals surface area contributed by atoms with Gasteiger partial charge in [0, 0.05) is 5.41 Å². The van der Waals surface area contributed by atoms with E-state index >= 15 is 0 Å². The van der Waals surface area contributed by atoms with Gasteiger partial charge in [-0.15, -0.1) is 0 Å². The molecule has 0 bridgehead atoms. The van der Waals surface area contributed by atoms with E-state index in [1.807, 2.05) is 13.8 Å². The summed E-state index contributed by atoms with van der Waals surface area (Å²) < 4.78 is 0. The number of ketones is 1. The number of nitrogens with one attached hydrogen (secondary N) is 1. The summed E-state index contributed by atoms with van der Waals surface area (Å²) in [4.78, 5) is 36.3. The van der Waals surface area contributed by atoms with Crippen molar-refractivity contribution in [3.05, 3.63) is 0 Å². The summed E-state index contributed by atoms with van der Waals surface area (Å²) >= 11 is 0. The van der Waals surface area contributed by atoms with Crippen LogP contribution in [0, 0.1) is 11.3 Å². The number of carbonyl (C=O) groups excluding carboxylic acids is 3. The molecule has 0 rings (SSSR count). The molecule has 6 heteroatoms. The maximum absolute atomic E-state index is 12.7. The normalized spacial score (nSPS) is 16.0. The summed E-state index contributed by atoms with van der Waals surface area (Å²) in [6, 6.07) is -0.655. The fraction of sp³-hybridized carbons (Fsp3) is 0.812. The predicted molar refractivity (Wildman–Crippen MR) is 87.1 cm³/mol. The van der Waals surface area contributed by atoms with Crippen LogP contribution in [0.1, 0.15) is 53.9 Å². The Kier molecular flexibility index (Phi) is 7.90. The van der Waals surface area contributed by atoms with E-state index in [-0.39, 0.29) is 18.1 Å². The van der Waals surface area contributed by atoms with Gasteiger partial charge in [0.1, 0.15) is 6.29 Å². The highest BCUT2D eigenvalue weighted by Gasteiger charge is 2.46. The second-order valence-corrected chi connectivity index (χ2v) is 7.18. The first kappa shape index (κ1) is 20.7. The Bertz CT molecular complexity index is 402. The molecule has 1 amide bonds. The van der Waals surface area contributed by atoms with Crippen molar-refractivity contribution in [3.8, 4) is 0 Å². The van der Waals surface area contributed by atoms with Gasteiger partial charge in [0.15, 0.2) is 11.3 Å². The van der Waals surface area contributed by atoms with Crippen molar-refractivity contribution in [2.24, 2.45) is 22.8 Å². The number of hydrogen-bond donors (Lipinski definition) is 3. The average Bonchev–Trinajstić information content (AvgIpc) is 2.42. The second kappa shape index (κ2) is 8.39. The predicted octanol–water partition coefficient (Wildman–Crippen LogP) is 0.768. The third-order valence-corrected chi connectivity index (χ3v) is 3.68. The Morgan fingerprint density at radius 1 is 1.18 bits per heavy atom. The number of Topliss-reactive ketones (excluding diaryl/α,β-unsaturated/α-hetero) is 1. The molecule has 0 spiro atoms. The van der Waals surface area contributed by atoms with Gasteiger partial charge in [-0.05, 0) is 31.7 Å². The number of hydrogen-bond acceptors (Lipinski definition) is 5. The fourth-order valence-corrected chi connectivity index (χ4v) is 2.19. The molecule has 0 aliphatic heterocycles. The van der Waals surface area contributed by atoms with Crippen LogP contribution < -0.4 is 16.8 Å². The minimum atomic E-state index is -1.64. The van der Waals surface area contributed by atoms with Gasteiger partial charge in [-0.25, -0.2) is 0 Å². The number of nitrogens with two attached hydrogens (primary N) is 2. The molecule has 0 saturated heterocycles. The quantitative estimate of drug-likeness (QED) is 0.330. The summed E-state index contributed by atoms with van der Waals surface area (Å²) in [6.07, 6.45) is 2.15. The first-order valence-corrected chi connectivity index (χ1v) is 7.80. The highest BCUT2D eigenvalue weighted by atomic mass is 16.2. The van der Waals surface area contributed by atoms with Crippen molar-refractivity contribution in [1.29, 1.82) is 0 Å². The number of aldehydes is 1. The van der Waals surface area contributed by atoms with E-state index in [2.05, 4.69) is 5.32 Å². The number of rotatable bonds is 9. The molecule has 0 saturated carbocycles. The van der Waals surface area contributed by atoms with Crippen molar-refractivity contribution in [2.45, 2.75) is 65.5 Å². The molecule has 0 aliphatic rings. The molecule has 0 aromatic rings. The highest BCUT2D eigenvalue weighted by Crippen LogP contribution is 2.26. The van der Waals surface area contributed by atoms with Gasteiger partial charge in [0.2, 0.25) is 5.91 Å². The van der Waals surface area contributed by atoms with Crippen LogP contribution in [-0.4, -0.2) is 36.1 Å². The van der Waals surface area contributed by atoms with Crippen LogP contribution in [0.25, 0.3) is 0 Å². The first-order chi connectivity index (χ1) is 10.0. The maximum Gasteiger partial charge on any atom is 0.248 e. The van der Waals surface area contributed by atoms with E-state index in [9.17, 15) is 14.4 Å². The van der Waals surface area contributed by atoms with Crippen LogP contribution in [0.5, 0.6) is 0 Å². The molecular weight excluding hydrogens is 282 g/mol. The highest BCUT2D eigenvalue weighted by molar-refractivity contribution is 6.12. The first-order valence-electron chi connectivity index (χ1n) is 7.80. The monoisotopic (exact) mass is 313 g/mol. The lowest BCUT2D eigenvalue weighted by Crippen LogP contribution is -2.64. The fourth-order valence-electron chi connectivity index (χ4n) is 2.19. The molecule has 128 valence electrons. The molecule has 0 aromatic heterocycles. The summed E-state index contributed by atoms with van der Waals surface area (Å²) in [7, 11) is 0. The summed E-state index contributed by atoms with van der Waals surface area (Å²) in [5.41, 5.74) is 9.28. The van der Waals surface area contributed by atoms with Crippen molar-refractivity contribution < 1.29 is 14.4 Å². The molecule has 22 heavy (non-hydrogen) atoms. The molecule has 0 aliphatic carbocycles. The molecule has 0 aromatic carbocycles.